The van der Waals surface area contributed by atoms with Gasteiger partial charge >= 0.3 is 0 Å². The first-order valence-corrected chi connectivity index (χ1v) is 31.6. The van der Waals surface area contributed by atoms with E-state index in [9.17, 15) is 33.9 Å². The number of amides is 4. The normalized spacial score (nSPS) is 16.8. The molecule has 2 aromatic heterocycles. The maximum Gasteiger partial charge on any atom is 0.246 e. The van der Waals surface area contributed by atoms with Crippen LogP contribution in [0.5, 0.6) is 0 Å². The first kappa shape index (κ1) is 69.4. The lowest BCUT2D eigenvalue weighted by Gasteiger charge is -2.35. The quantitative estimate of drug-likeness (QED) is 0.0169. The van der Waals surface area contributed by atoms with Gasteiger partial charge in [-0.25, -0.2) is 9.97 Å². The number of aliphatic hydroxyl groups is 1. The summed E-state index contributed by atoms with van der Waals surface area (Å²) < 4.78 is 27.7. The maximum atomic E-state index is 14.0. The molecule has 0 radical (unpaired) electrons. The molecule has 0 saturated carbocycles. The Morgan fingerprint density at radius 1 is 0.809 bits per heavy atom. The van der Waals surface area contributed by atoms with Crippen molar-refractivity contribution in [3.05, 3.63) is 105 Å². The molecule has 2 aromatic carbocycles. The molecule has 7 rings (SSSR count). The summed E-state index contributed by atoms with van der Waals surface area (Å²) in [7, 11) is 0. The summed E-state index contributed by atoms with van der Waals surface area (Å²) in [6.07, 6.45) is 5.15. The lowest BCUT2D eigenvalue weighted by Crippen LogP contribution is -2.58. The topological polar surface area (TPSA) is 276 Å². The van der Waals surface area contributed by atoms with E-state index in [2.05, 4.69) is 36.1 Å². The molecule has 1 aliphatic carbocycles. The molecule has 482 valence electrons. The average Bonchev–Trinajstić information content (AvgIpc) is 3.10. The van der Waals surface area contributed by atoms with Gasteiger partial charge in [0, 0.05) is 112 Å². The minimum absolute atomic E-state index is 0.0291. The number of likely N-dealkylation sites (tertiary alicyclic amines) is 1. The molecule has 4 aromatic rings. The highest BCUT2D eigenvalue weighted by Crippen LogP contribution is 2.33. The summed E-state index contributed by atoms with van der Waals surface area (Å²) >= 11 is 1.57. The number of ketones is 2. The number of aromatic nitrogens is 2. The zero-order valence-electron chi connectivity index (χ0n) is 52.9. The van der Waals surface area contributed by atoms with Crippen LogP contribution in [0, 0.1) is 17.7 Å². The van der Waals surface area contributed by atoms with Crippen LogP contribution in [0.2, 0.25) is 0 Å². The number of hydrogen-bond acceptors (Lipinski definition) is 19. The van der Waals surface area contributed by atoms with Crippen molar-refractivity contribution in [1.82, 2.24) is 35.7 Å². The van der Waals surface area contributed by atoms with Crippen LogP contribution in [0.3, 0.4) is 0 Å². The first-order chi connectivity index (χ1) is 42.7. The van der Waals surface area contributed by atoms with Gasteiger partial charge in [0.05, 0.1) is 75.0 Å². The van der Waals surface area contributed by atoms with Crippen molar-refractivity contribution < 1.29 is 57.6 Å². The van der Waals surface area contributed by atoms with E-state index in [1.54, 1.807) is 16.8 Å². The number of aryl methyl sites for hydroxylation is 1. The predicted molar refractivity (Wildman–Crippen MR) is 343 cm³/mol. The number of nitrogens with one attached hydrogen (secondary N) is 5. The van der Waals surface area contributed by atoms with Crippen molar-refractivity contribution >= 4 is 64.3 Å². The van der Waals surface area contributed by atoms with Gasteiger partial charge in [-0.15, -0.1) is 11.3 Å². The second-order valence-corrected chi connectivity index (χ2v) is 24.9. The van der Waals surface area contributed by atoms with E-state index in [-0.39, 0.29) is 88.4 Å². The fourth-order valence-electron chi connectivity index (χ4n) is 10.9. The van der Waals surface area contributed by atoms with Crippen molar-refractivity contribution in [3.63, 3.8) is 0 Å². The molecule has 4 heterocycles. The standard InChI is InChI=1S/C66H90N10O12S/c1-43(2)72-55-34-50(33-53(54(55)36-67)57(78)15-14-52-45(4)31-44(3)32-58(52)79)49-13-16-59(69-38-49)75-21-19-74(20-22-75)18-17-68-60(80)40-87-29-27-85-25-23-84-24-26-86-28-30-88-41-61(81)73-63(66(6,7)8)65(83)76-39-51(77)35-56(76)64(82)70-37-47-9-11-48(12-10-47)62-46(5)71-42-89-62/h9-13,16,31,33-34,36,38,42-43,51,56,63,67,72,77H,14-15,17-30,32,35,37,39-41H2,1-8H3,(H,68,80)(H,70,82)(H,73,81)/t51-,56+,63-/m1/s1. The predicted octanol–water partition coefficient (Wildman–Crippen LogP) is 6.33. The van der Waals surface area contributed by atoms with E-state index in [1.165, 1.54) is 11.1 Å². The monoisotopic (exact) mass is 1250 g/mol. The molecular formula is C66H90N10O12S. The van der Waals surface area contributed by atoms with Crippen LogP contribution >= 0.6 is 11.3 Å². The molecule has 2 saturated heterocycles. The smallest absolute Gasteiger partial charge is 0.246 e. The minimum Gasteiger partial charge on any atom is -0.391 e. The minimum atomic E-state index is -0.981. The van der Waals surface area contributed by atoms with Crippen molar-refractivity contribution in [2.45, 2.75) is 112 Å². The van der Waals surface area contributed by atoms with Crippen LogP contribution in [-0.4, -0.2) is 202 Å². The number of rotatable bonds is 34. The zero-order valence-corrected chi connectivity index (χ0v) is 53.7. The lowest BCUT2D eigenvalue weighted by atomic mass is 9.85. The van der Waals surface area contributed by atoms with E-state index in [0.29, 0.717) is 81.4 Å². The molecule has 0 spiro atoms. The molecule has 3 aliphatic rings. The highest BCUT2D eigenvalue weighted by molar-refractivity contribution is 7.13. The number of carbonyl (C=O) groups is 6. The van der Waals surface area contributed by atoms with E-state index in [0.717, 1.165) is 76.0 Å². The Morgan fingerprint density at radius 2 is 1.45 bits per heavy atom. The van der Waals surface area contributed by atoms with Crippen molar-refractivity contribution in [3.8, 4) is 21.6 Å². The van der Waals surface area contributed by atoms with Crippen LogP contribution in [0.1, 0.15) is 101 Å². The summed E-state index contributed by atoms with van der Waals surface area (Å²) in [5.74, 6) is -0.746. The number of carbonyl (C=O) groups excluding carboxylic acids is 6. The molecule has 3 atom stereocenters. The Balaban J connectivity index is 0.692. The summed E-state index contributed by atoms with van der Waals surface area (Å²) in [5.41, 5.74) is 9.92. The van der Waals surface area contributed by atoms with Crippen LogP contribution in [-0.2, 0) is 54.2 Å². The van der Waals surface area contributed by atoms with E-state index in [1.807, 2.05) is 116 Å². The summed E-state index contributed by atoms with van der Waals surface area (Å²) in [5, 5.41) is 30.9. The number of piperazine rings is 1. The SMILES string of the molecule is CC1=CC(C)=C(CCC(=O)c2cc(-c3ccc(N4CCN(CCNC(=O)COCCOCCOCCOCCOCC(=O)N[C@H](C(=O)N5C[C@H](O)C[C@H]5C(=O)NCc5ccc(-c6scnc6C)cc5)C(C)(C)C)CC4)nc3)cc(NC(C)C)c2C=N)C(=O)C1. The molecule has 2 fully saturated rings. The summed E-state index contributed by atoms with van der Waals surface area (Å²) in [6.45, 7) is 21.7. The second kappa shape index (κ2) is 34.2. The number of thiazole rings is 1. The Kier molecular flexibility index (Phi) is 26.7. The largest absolute Gasteiger partial charge is 0.391 e. The van der Waals surface area contributed by atoms with Crippen molar-refractivity contribution in [2.24, 2.45) is 5.41 Å². The molecular weight excluding hydrogens is 1160 g/mol. The Morgan fingerprint density at radius 3 is 2.03 bits per heavy atom. The molecule has 0 unspecified atom stereocenters. The Labute approximate surface area is 527 Å². The van der Waals surface area contributed by atoms with Gasteiger partial charge in [-0.05, 0) is 98.6 Å². The third-order valence-electron chi connectivity index (χ3n) is 15.6. The zero-order chi connectivity index (χ0) is 64.0. The number of ether oxygens (including phenoxy) is 5. The fraction of sp³-hybridized carbons (Fsp3) is 0.530. The van der Waals surface area contributed by atoms with Crippen LogP contribution in [0.4, 0.5) is 11.5 Å². The number of aliphatic hydroxyl groups excluding tert-OH is 1. The van der Waals surface area contributed by atoms with Crippen LogP contribution < -0.4 is 26.2 Å². The number of benzene rings is 2. The van der Waals surface area contributed by atoms with Gasteiger partial charge in [-0.2, -0.15) is 0 Å². The van der Waals surface area contributed by atoms with E-state index in [4.69, 9.17) is 34.1 Å². The van der Waals surface area contributed by atoms with Gasteiger partial charge in [0.1, 0.15) is 31.1 Å². The first-order valence-electron chi connectivity index (χ1n) is 30.7. The Bertz CT molecular complexity index is 3110. The molecule has 4 amide bonds. The molecule has 0 bridgehead atoms. The highest BCUT2D eigenvalue weighted by atomic mass is 32.1. The fourth-order valence-corrected chi connectivity index (χ4v) is 11.7. The van der Waals surface area contributed by atoms with Crippen LogP contribution in [0.25, 0.3) is 21.6 Å². The number of pyridine rings is 1. The van der Waals surface area contributed by atoms with Gasteiger partial charge in [-0.3, -0.25) is 33.7 Å². The number of hydrogen-bond donors (Lipinski definition) is 6. The van der Waals surface area contributed by atoms with Crippen molar-refractivity contribution in [2.75, 3.05) is 122 Å². The number of Topliss-reactive ketones (excluding diaryl/α,β-unsaturated/α-hetero) is 2. The van der Waals surface area contributed by atoms with Crippen LogP contribution in [0.15, 0.2) is 83.0 Å². The van der Waals surface area contributed by atoms with Crippen molar-refractivity contribution in [1.29, 1.82) is 5.41 Å². The second-order valence-electron chi connectivity index (χ2n) is 24.1. The molecule has 22 nitrogen and oxygen atoms in total. The van der Waals surface area contributed by atoms with Gasteiger partial charge < -0.3 is 65.3 Å². The lowest BCUT2D eigenvalue weighted by molar-refractivity contribution is -0.144. The number of β-amino-alcohol motifs (C(OH)–C–C–N with tert-alkyl or cyclic N) is 1. The highest BCUT2D eigenvalue weighted by Gasteiger charge is 2.44. The maximum absolute atomic E-state index is 14.0. The number of anilines is 2. The molecule has 2 aliphatic heterocycles. The van der Waals surface area contributed by atoms with E-state index >= 15 is 0 Å². The van der Waals surface area contributed by atoms with Gasteiger partial charge in [0.25, 0.3) is 0 Å². The van der Waals surface area contributed by atoms with Gasteiger partial charge in [-0.1, -0.05) is 56.7 Å². The third kappa shape index (κ3) is 21.0. The molecule has 6 N–H and O–H groups in total. The van der Waals surface area contributed by atoms with E-state index < -0.39 is 35.4 Å². The number of allylic oxidation sites excluding steroid dienone is 4. The molecule has 89 heavy (non-hydrogen) atoms. The molecule has 23 heteroatoms. The van der Waals surface area contributed by atoms with Gasteiger partial charge in [0.2, 0.25) is 23.6 Å². The summed E-state index contributed by atoms with van der Waals surface area (Å²) in [4.78, 5) is 95.6. The number of nitrogens with zero attached hydrogens (tertiary/aromatic N) is 5. The summed E-state index contributed by atoms with van der Waals surface area (Å²) in [6, 6.07) is 13.8. The Hall–Kier alpha value is -7.09. The average molecular weight is 1250 g/mol. The third-order valence-corrected chi connectivity index (χ3v) is 16.6. The van der Waals surface area contributed by atoms with Gasteiger partial charge in [0.15, 0.2) is 11.6 Å².